The van der Waals surface area contributed by atoms with Gasteiger partial charge in [-0.15, -0.1) is 0 Å². The highest BCUT2D eigenvalue weighted by Crippen LogP contribution is 2.18. The molecule has 0 aliphatic rings. The fourth-order valence-electron chi connectivity index (χ4n) is 1.71. The van der Waals surface area contributed by atoms with Gasteiger partial charge in [0.25, 0.3) is 0 Å². The Morgan fingerprint density at radius 3 is 2.52 bits per heavy atom. The van der Waals surface area contributed by atoms with Crippen molar-refractivity contribution in [2.75, 3.05) is 11.1 Å². The summed E-state index contributed by atoms with van der Waals surface area (Å²) in [7, 11) is -4.02. The lowest BCUT2D eigenvalue weighted by Crippen LogP contribution is -2.23. The Hall–Kier alpha value is -1.73. The Kier molecular flexibility index (Phi) is 4.74. The van der Waals surface area contributed by atoms with Gasteiger partial charge in [-0.3, -0.25) is 4.79 Å². The Balaban J connectivity index is 2.14. The maximum Gasteiger partial charge on any atom is 0.239 e. The number of anilines is 1. The first-order valence-corrected chi connectivity index (χ1v) is 8.36. The highest BCUT2D eigenvalue weighted by molar-refractivity contribution is 9.10. The molecule has 0 fully saturated rings. The molecular weight excluding hydrogens is 361 g/mol. The van der Waals surface area contributed by atoms with Crippen LogP contribution in [0.4, 0.5) is 10.1 Å². The fraction of sp³-hybridized carbons (Fsp3) is 0.0714. The van der Waals surface area contributed by atoms with Crippen LogP contribution in [-0.4, -0.2) is 20.1 Å². The largest absolute Gasteiger partial charge is 0.325 e. The van der Waals surface area contributed by atoms with E-state index in [1.807, 2.05) is 0 Å². The minimum atomic E-state index is -4.02. The van der Waals surface area contributed by atoms with Gasteiger partial charge < -0.3 is 5.32 Å². The number of rotatable bonds is 4. The zero-order chi connectivity index (χ0) is 15.5. The van der Waals surface area contributed by atoms with Crippen LogP contribution in [0.2, 0.25) is 0 Å². The summed E-state index contributed by atoms with van der Waals surface area (Å²) in [6.07, 6.45) is 0. The lowest BCUT2D eigenvalue weighted by Gasteiger charge is -2.07. The molecule has 4 nitrogen and oxygen atoms in total. The van der Waals surface area contributed by atoms with Gasteiger partial charge in [-0.25, -0.2) is 12.8 Å². The minimum Gasteiger partial charge on any atom is -0.325 e. The average Bonchev–Trinajstić information content (AvgIpc) is 2.38. The van der Waals surface area contributed by atoms with E-state index in [1.54, 1.807) is 24.3 Å². The molecule has 0 saturated carbocycles. The number of halogens is 2. The van der Waals surface area contributed by atoms with Gasteiger partial charge in [0.2, 0.25) is 5.91 Å². The molecule has 7 heteroatoms. The smallest absolute Gasteiger partial charge is 0.239 e. The van der Waals surface area contributed by atoms with Crippen LogP contribution in [0.15, 0.2) is 57.9 Å². The van der Waals surface area contributed by atoms with E-state index in [4.69, 9.17) is 0 Å². The summed E-state index contributed by atoms with van der Waals surface area (Å²) < 4.78 is 38.3. The van der Waals surface area contributed by atoms with Crippen LogP contribution in [0, 0.1) is 5.82 Å². The molecule has 0 bridgehead atoms. The van der Waals surface area contributed by atoms with Crippen molar-refractivity contribution >= 4 is 37.4 Å². The Labute approximate surface area is 130 Å². The van der Waals surface area contributed by atoms with E-state index in [0.29, 0.717) is 5.69 Å². The quantitative estimate of drug-likeness (QED) is 0.898. The van der Waals surface area contributed by atoms with Crippen LogP contribution in [-0.2, 0) is 14.6 Å². The summed E-state index contributed by atoms with van der Waals surface area (Å²) in [5.74, 6) is -2.41. The number of hydrogen-bond acceptors (Lipinski definition) is 3. The van der Waals surface area contributed by atoms with Crippen LogP contribution in [0.5, 0.6) is 0 Å². The molecule has 0 unspecified atom stereocenters. The zero-order valence-electron chi connectivity index (χ0n) is 10.7. The summed E-state index contributed by atoms with van der Waals surface area (Å²) in [5.41, 5.74) is 0.457. The van der Waals surface area contributed by atoms with Gasteiger partial charge in [0, 0.05) is 10.2 Å². The van der Waals surface area contributed by atoms with Gasteiger partial charge in [-0.1, -0.05) is 34.1 Å². The summed E-state index contributed by atoms with van der Waals surface area (Å²) in [4.78, 5) is 11.3. The highest BCUT2D eigenvalue weighted by Gasteiger charge is 2.22. The molecule has 0 saturated heterocycles. The fourth-order valence-corrected chi connectivity index (χ4v) is 3.33. The standard InChI is InChI=1S/C14H11BrFNO3S/c15-10-4-3-5-11(8-10)17-14(18)9-21(19,20)13-7-2-1-6-12(13)16/h1-8H,9H2,(H,17,18). The molecule has 2 rings (SSSR count). The van der Waals surface area contributed by atoms with E-state index < -0.39 is 32.2 Å². The van der Waals surface area contributed by atoms with E-state index in [9.17, 15) is 17.6 Å². The molecule has 21 heavy (non-hydrogen) atoms. The van der Waals surface area contributed by atoms with Crippen molar-refractivity contribution < 1.29 is 17.6 Å². The summed E-state index contributed by atoms with van der Waals surface area (Å²) in [5, 5.41) is 2.46. The monoisotopic (exact) mass is 371 g/mol. The van der Waals surface area contributed by atoms with E-state index in [0.717, 1.165) is 16.6 Å². The van der Waals surface area contributed by atoms with Gasteiger partial charge in [0.05, 0.1) is 0 Å². The average molecular weight is 372 g/mol. The zero-order valence-corrected chi connectivity index (χ0v) is 13.1. The van der Waals surface area contributed by atoms with Crippen molar-refractivity contribution in [1.29, 1.82) is 0 Å². The SMILES string of the molecule is O=C(CS(=O)(=O)c1ccccc1F)Nc1cccc(Br)c1. The van der Waals surface area contributed by atoms with Gasteiger partial charge in [-0.05, 0) is 30.3 Å². The molecule has 2 aromatic carbocycles. The molecule has 1 N–H and O–H groups in total. The van der Waals surface area contributed by atoms with E-state index in [1.165, 1.54) is 12.1 Å². The molecule has 0 heterocycles. The molecule has 0 radical (unpaired) electrons. The summed E-state index contributed by atoms with van der Waals surface area (Å²) in [6.45, 7) is 0. The van der Waals surface area contributed by atoms with Gasteiger partial charge in [0.1, 0.15) is 16.5 Å². The van der Waals surface area contributed by atoms with Crippen LogP contribution in [0.25, 0.3) is 0 Å². The van der Waals surface area contributed by atoms with Crippen molar-refractivity contribution in [2.24, 2.45) is 0 Å². The second kappa shape index (κ2) is 6.36. The first-order valence-electron chi connectivity index (χ1n) is 5.91. The predicted molar refractivity (Wildman–Crippen MR) is 81.2 cm³/mol. The maximum absolute atomic E-state index is 13.5. The first-order chi connectivity index (χ1) is 9.88. The van der Waals surface area contributed by atoms with Crippen molar-refractivity contribution in [2.45, 2.75) is 4.90 Å². The van der Waals surface area contributed by atoms with Crippen molar-refractivity contribution in [3.05, 3.63) is 58.8 Å². The second-order valence-corrected chi connectivity index (χ2v) is 7.12. The topological polar surface area (TPSA) is 63.2 Å². The van der Waals surface area contributed by atoms with Crippen LogP contribution in [0.3, 0.4) is 0 Å². The molecule has 0 aliphatic carbocycles. The summed E-state index contributed by atoms with van der Waals surface area (Å²) in [6, 6.07) is 11.7. The Morgan fingerprint density at radius 2 is 1.86 bits per heavy atom. The normalized spacial score (nSPS) is 11.1. The van der Waals surface area contributed by atoms with E-state index >= 15 is 0 Å². The molecule has 0 spiro atoms. The van der Waals surface area contributed by atoms with Crippen molar-refractivity contribution in [3.8, 4) is 0 Å². The van der Waals surface area contributed by atoms with Crippen LogP contribution >= 0.6 is 15.9 Å². The predicted octanol–water partition coefficient (Wildman–Crippen LogP) is 3.00. The first kappa shape index (κ1) is 15.7. The third-order valence-electron chi connectivity index (χ3n) is 2.60. The molecule has 110 valence electrons. The van der Waals surface area contributed by atoms with Crippen LogP contribution < -0.4 is 5.32 Å². The lowest BCUT2D eigenvalue weighted by molar-refractivity contribution is -0.113. The molecular formula is C14H11BrFNO3S. The number of carbonyl (C=O) groups is 1. The molecule has 0 atom stereocenters. The number of nitrogens with one attached hydrogen (secondary N) is 1. The maximum atomic E-state index is 13.5. The lowest BCUT2D eigenvalue weighted by atomic mass is 10.3. The number of carbonyl (C=O) groups excluding carboxylic acids is 1. The minimum absolute atomic E-state index is 0.457. The second-order valence-electron chi connectivity index (χ2n) is 4.25. The summed E-state index contributed by atoms with van der Waals surface area (Å²) >= 11 is 3.24. The van der Waals surface area contributed by atoms with Gasteiger partial charge in [0.15, 0.2) is 9.84 Å². The van der Waals surface area contributed by atoms with E-state index in [-0.39, 0.29) is 0 Å². The molecule has 2 aromatic rings. The molecule has 0 aliphatic heterocycles. The highest BCUT2D eigenvalue weighted by atomic mass is 79.9. The van der Waals surface area contributed by atoms with Crippen molar-refractivity contribution in [1.82, 2.24) is 0 Å². The number of hydrogen-bond donors (Lipinski definition) is 1. The van der Waals surface area contributed by atoms with Crippen LogP contribution in [0.1, 0.15) is 0 Å². The third-order valence-corrected chi connectivity index (χ3v) is 4.74. The molecule has 1 amide bonds. The molecule has 0 aromatic heterocycles. The number of benzene rings is 2. The van der Waals surface area contributed by atoms with Crippen molar-refractivity contribution in [3.63, 3.8) is 0 Å². The van der Waals surface area contributed by atoms with Gasteiger partial charge >= 0.3 is 0 Å². The Morgan fingerprint density at radius 1 is 1.14 bits per heavy atom. The Bertz CT molecular complexity index is 777. The third kappa shape index (κ3) is 4.12. The number of sulfone groups is 1. The number of amides is 1. The van der Waals surface area contributed by atoms with E-state index in [2.05, 4.69) is 21.2 Å². The van der Waals surface area contributed by atoms with Gasteiger partial charge in [-0.2, -0.15) is 0 Å².